The first-order valence-electron chi connectivity index (χ1n) is 12.8. The molecule has 2 amide bonds. The number of nitrogens with zero attached hydrogens (tertiary/aromatic N) is 2. The third-order valence-corrected chi connectivity index (χ3v) is 8.78. The molecule has 208 valence electrons. The lowest BCUT2D eigenvalue weighted by molar-refractivity contribution is -0.140. The number of nitrogens with one attached hydrogen (secondary N) is 1. The Morgan fingerprint density at radius 2 is 1.59 bits per heavy atom. The molecular formula is C29H33BrClN3O4S. The first kappa shape index (κ1) is 30.7. The van der Waals surface area contributed by atoms with Gasteiger partial charge in [0.15, 0.2) is 0 Å². The highest BCUT2D eigenvalue weighted by Crippen LogP contribution is 2.26. The molecule has 3 aromatic rings. The Bertz CT molecular complexity index is 1340. The summed E-state index contributed by atoms with van der Waals surface area (Å²) >= 11 is 9.44. The summed E-state index contributed by atoms with van der Waals surface area (Å²) in [6.07, 6.45) is 2.10. The minimum Gasteiger partial charge on any atom is -0.354 e. The van der Waals surface area contributed by atoms with Gasteiger partial charge in [0.2, 0.25) is 11.8 Å². The Morgan fingerprint density at radius 1 is 0.949 bits per heavy atom. The minimum absolute atomic E-state index is 0.0642. The van der Waals surface area contributed by atoms with Crippen LogP contribution in [-0.4, -0.2) is 44.3 Å². The van der Waals surface area contributed by atoms with Gasteiger partial charge in [-0.3, -0.25) is 13.9 Å². The maximum Gasteiger partial charge on any atom is 0.264 e. The SMILES string of the molecule is CCCCNC(=O)C(CC)N(Cc1ccc(Cl)cc1)C(=O)CN(c1ccc(Br)cc1)S(=O)(=O)c1ccccc1. The number of carbonyl (C=O) groups is 2. The van der Waals surface area contributed by atoms with Gasteiger partial charge in [0.05, 0.1) is 10.6 Å². The quantitative estimate of drug-likeness (QED) is 0.233. The van der Waals surface area contributed by atoms with Crippen LogP contribution in [0.5, 0.6) is 0 Å². The molecule has 0 radical (unpaired) electrons. The fourth-order valence-electron chi connectivity index (χ4n) is 4.07. The lowest BCUT2D eigenvalue weighted by atomic mass is 10.1. The van der Waals surface area contributed by atoms with Crippen molar-refractivity contribution < 1.29 is 18.0 Å². The van der Waals surface area contributed by atoms with Crippen molar-refractivity contribution in [1.29, 1.82) is 0 Å². The van der Waals surface area contributed by atoms with E-state index in [1.165, 1.54) is 17.0 Å². The summed E-state index contributed by atoms with van der Waals surface area (Å²) in [5.41, 5.74) is 1.11. The van der Waals surface area contributed by atoms with E-state index in [1.54, 1.807) is 66.7 Å². The maximum atomic E-state index is 14.0. The van der Waals surface area contributed by atoms with Crippen molar-refractivity contribution in [2.75, 3.05) is 17.4 Å². The van der Waals surface area contributed by atoms with Crippen LogP contribution >= 0.6 is 27.5 Å². The van der Waals surface area contributed by atoms with Crippen molar-refractivity contribution in [2.45, 2.75) is 50.6 Å². The van der Waals surface area contributed by atoms with Crippen molar-refractivity contribution in [2.24, 2.45) is 0 Å². The van der Waals surface area contributed by atoms with E-state index in [4.69, 9.17) is 11.6 Å². The molecule has 1 atom stereocenters. The molecule has 0 bridgehead atoms. The van der Waals surface area contributed by atoms with Gasteiger partial charge in [-0.25, -0.2) is 8.42 Å². The van der Waals surface area contributed by atoms with Gasteiger partial charge in [-0.05, 0) is 66.9 Å². The molecule has 0 aliphatic rings. The Morgan fingerprint density at radius 3 is 2.18 bits per heavy atom. The van der Waals surface area contributed by atoms with Crippen LogP contribution in [0.1, 0.15) is 38.7 Å². The van der Waals surface area contributed by atoms with Crippen LogP contribution in [0.15, 0.2) is 88.2 Å². The van der Waals surface area contributed by atoms with E-state index in [2.05, 4.69) is 21.2 Å². The number of hydrogen-bond donors (Lipinski definition) is 1. The molecule has 3 aromatic carbocycles. The van der Waals surface area contributed by atoms with Gasteiger partial charge < -0.3 is 10.2 Å². The average Bonchev–Trinajstić information content (AvgIpc) is 2.93. The normalized spacial score (nSPS) is 12.0. The van der Waals surface area contributed by atoms with Crippen molar-refractivity contribution >= 4 is 55.1 Å². The molecule has 39 heavy (non-hydrogen) atoms. The molecule has 0 aliphatic heterocycles. The first-order chi connectivity index (χ1) is 18.7. The number of carbonyl (C=O) groups excluding carboxylic acids is 2. The summed E-state index contributed by atoms with van der Waals surface area (Å²) in [7, 11) is -4.09. The number of sulfonamides is 1. The molecule has 3 rings (SSSR count). The van der Waals surface area contributed by atoms with E-state index >= 15 is 0 Å². The number of rotatable bonds is 13. The molecule has 0 heterocycles. The number of unbranched alkanes of at least 4 members (excludes halogenated alkanes) is 1. The van der Waals surface area contributed by atoms with Crippen LogP contribution < -0.4 is 9.62 Å². The summed E-state index contributed by atoms with van der Waals surface area (Å²) < 4.78 is 29.4. The predicted octanol–water partition coefficient (Wildman–Crippen LogP) is 6.02. The molecule has 0 saturated heterocycles. The highest BCUT2D eigenvalue weighted by Gasteiger charge is 2.33. The fraction of sp³-hybridized carbons (Fsp3) is 0.310. The summed E-state index contributed by atoms with van der Waals surface area (Å²) in [6, 6.07) is 20.9. The largest absolute Gasteiger partial charge is 0.354 e. The molecule has 0 aliphatic carbocycles. The highest BCUT2D eigenvalue weighted by molar-refractivity contribution is 9.10. The monoisotopic (exact) mass is 633 g/mol. The molecule has 7 nitrogen and oxygen atoms in total. The first-order valence-corrected chi connectivity index (χ1v) is 15.4. The van der Waals surface area contributed by atoms with Crippen LogP contribution in [0.4, 0.5) is 5.69 Å². The van der Waals surface area contributed by atoms with Crippen LogP contribution in [0.3, 0.4) is 0 Å². The van der Waals surface area contributed by atoms with Crippen molar-refractivity contribution in [3.8, 4) is 0 Å². The molecule has 1 unspecified atom stereocenters. The second-order valence-corrected chi connectivity index (χ2v) is 12.2. The molecule has 0 spiro atoms. The minimum atomic E-state index is -4.09. The maximum absolute atomic E-state index is 14.0. The Hall–Kier alpha value is -2.88. The zero-order chi connectivity index (χ0) is 28.4. The number of anilines is 1. The predicted molar refractivity (Wildman–Crippen MR) is 159 cm³/mol. The van der Waals surface area contributed by atoms with Crippen LogP contribution in [0.2, 0.25) is 5.02 Å². The molecule has 0 fully saturated rings. The third-order valence-electron chi connectivity index (χ3n) is 6.21. The van der Waals surface area contributed by atoms with E-state index < -0.39 is 28.5 Å². The number of benzene rings is 3. The summed E-state index contributed by atoms with van der Waals surface area (Å²) in [4.78, 5) is 28.7. The number of hydrogen-bond acceptors (Lipinski definition) is 4. The van der Waals surface area contributed by atoms with Gasteiger partial charge in [-0.15, -0.1) is 0 Å². The van der Waals surface area contributed by atoms with E-state index in [0.717, 1.165) is 27.2 Å². The van der Waals surface area contributed by atoms with Gasteiger partial charge in [0.1, 0.15) is 12.6 Å². The van der Waals surface area contributed by atoms with Crippen molar-refractivity contribution in [3.05, 3.63) is 93.9 Å². The van der Waals surface area contributed by atoms with Crippen molar-refractivity contribution in [3.63, 3.8) is 0 Å². The highest BCUT2D eigenvalue weighted by atomic mass is 79.9. The zero-order valence-electron chi connectivity index (χ0n) is 22.0. The smallest absolute Gasteiger partial charge is 0.264 e. The Balaban J connectivity index is 2.01. The van der Waals surface area contributed by atoms with E-state index in [-0.39, 0.29) is 17.3 Å². The van der Waals surface area contributed by atoms with Gasteiger partial charge in [-0.2, -0.15) is 0 Å². The van der Waals surface area contributed by atoms with E-state index in [9.17, 15) is 18.0 Å². The topological polar surface area (TPSA) is 86.8 Å². The number of amides is 2. The summed E-state index contributed by atoms with van der Waals surface area (Å²) in [6.45, 7) is 4.01. The van der Waals surface area contributed by atoms with Gasteiger partial charge in [0.25, 0.3) is 10.0 Å². The van der Waals surface area contributed by atoms with Crippen LogP contribution in [0, 0.1) is 0 Å². The third kappa shape index (κ3) is 8.30. The van der Waals surface area contributed by atoms with Crippen molar-refractivity contribution in [1.82, 2.24) is 10.2 Å². The van der Waals surface area contributed by atoms with E-state index in [0.29, 0.717) is 23.7 Å². The summed E-state index contributed by atoms with van der Waals surface area (Å²) in [5, 5.41) is 3.47. The molecule has 10 heteroatoms. The fourth-order valence-corrected chi connectivity index (χ4v) is 5.89. The molecule has 0 saturated carbocycles. The Labute approximate surface area is 244 Å². The second kappa shape index (κ2) is 14.5. The molecular weight excluding hydrogens is 602 g/mol. The van der Waals surface area contributed by atoms with E-state index in [1.807, 2.05) is 13.8 Å². The standard InChI is InChI=1S/C29H33BrClN3O4S/c1-3-5-19-32-29(36)27(4-2)33(20-22-11-15-24(31)16-12-22)28(35)21-34(25-17-13-23(30)14-18-25)39(37,38)26-9-7-6-8-10-26/h6-18,27H,3-5,19-21H2,1-2H3,(H,32,36). The lowest BCUT2D eigenvalue weighted by Crippen LogP contribution is -2.52. The van der Waals surface area contributed by atoms with Crippen LogP contribution in [0.25, 0.3) is 0 Å². The van der Waals surface area contributed by atoms with Gasteiger partial charge >= 0.3 is 0 Å². The van der Waals surface area contributed by atoms with Gasteiger partial charge in [-0.1, -0.05) is 78.1 Å². The number of halogens is 2. The van der Waals surface area contributed by atoms with Gasteiger partial charge in [0, 0.05) is 22.6 Å². The molecule has 0 aromatic heterocycles. The zero-order valence-corrected chi connectivity index (χ0v) is 25.2. The average molecular weight is 635 g/mol. The molecule has 1 N–H and O–H groups in total. The summed E-state index contributed by atoms with van der Waals surface area (Å²) in [5.74, 6) is -0.765. The lowest BCUT2D eigenvalue weighted by Gasteiger charge is -2.33. The van der Waals surface area contributed by atoms with Crippen LogP contribution in [-0.2, 0) is 26.2 Å². The Kier molecular flexibility index (Phi) is 11.4. The second-order valence-electron chi connectivity index (χ2n) is 9.02.